The Morgan fingerprint density at radius 2 is 1.77 bits per heavy atom. The van der Waals surface area contributed by atoms with Crippen LogP contribution in [0, 0.1) is 0 Å². The van der Waals surface area contributed by atoms with Gasteiger partial charge in [0.2, 0.25) is 0 Å². The minimum Gasteiger partial charge on any atom is -0.478 e. The van der Waals surface area contributed by atoms with Crippen molar-refractivity contribution in [2.75, 3.05) is 13.1 Å². The number of carbonyl (C=O) groups excluding carboxylic acids is 1. The van der Waals surface area contributed by atoms with Gasteiger partial charge in [0.15, 0.2) is 0 Å². The summed E-state index contributed by atoms with van der Waals surface area (Å²) in [6.07, 6.45) is 0.378. The maximum atomic E-state index is 11.4. The maximum Gasteiger partial charge on any atom is 0.407 e. The molecule has 122 valence electrons. The first kappa shape index (κ1) is 18.0. The van der Waals surface area contributed by atoms with Crippen LogP contribution in [-0.4, -0.2) is 35.9 Å². The second-order valence-electron chi connectivity index (χ2n) is 5.96. The van der Waals surface area contributed by atoms with E-state index in [0.717, 1.165) is 18.5 Å². The molecule has 0 aliphatic heterocycles. The lowest BCUT2D eigenvalue weighted by Gasteiger charge is -2.19. The molecule has 3 N–H and O–H groups in total. The topological polar surface area (TPSA) is 87.7 Å². The van der Waals surface area contributed by atoms with Crippen LogP contribution in [0.1, 0.15) is 43.1 Å². The molecule has 0 atom stereocenters. The molecule has 0 saturated heterocycles. The van der Waals surface area contributed by atoms with Gasteiger partial charge in [-0.2, -0.15) is 0 Å². The largest absolute Gasteiger partial charge is 0.478 e. The van der Waals surface area contributed by atoms with Gasteiger partial charge < -0.3 is 20.5 Å². The minimum absolute atomic E-state index is 0.283. The van der Waals surface area contributed by atoms with E-state index in [-0.39, 0.29) is 5.56 Å². The lowest BCUT2D eigenvalue weighted by Crippen LogP contribution is -2.33. The van der Waals surface area contributed by atoms with E-state index in [1.807, 2.05) is 20.8 Å². The van der Waals surface area contributed by atoms with Crippen molar-refractivity contribution in [2.45, 2.75) is 39.3 Å². The molecular formula is C16H24N2O4. The Balaban J connectivity index is 2.13. The van der Waals surface area contributed by atoms with Crippen LogP contribution in [0.5, 0.6) is 0 Å². The van der Waals surface area contributed by atoms with Crippen LogP contribution in [0.15, 0.2) is 24.3 Å². The van der Waals surface area contributed by atoms with Crippen LogP contribution in [0.4, 0.5) is 4.79 Å². The number of ether oxygens (including phenoxy) is 1. The van der Waals surface area contributed by atoms with Crippen molar-refractivity contribution in [1.82, 2.24) is 10.6 Å². The zero-order valence-corrected chi connectivity index (χ0v) is 13.3. The summed E-state index contributed by atoms with van der Waals surface area (Å²) in [5.74, 6) is -0.923. The van der Waals surface area contributed by atoms with Gasteiger partial charge in [-0.3, -0.25) is 0 Å². The van der Waals surface area contributed by atoms with Crippen molar-refractivity contribution < 1.29 is 19.4 Å². The van der Waals surface area contributed by atoms with Gasteiger partial charge in [-0.15, -0.1) is 0 Å². The van der Waals surface area contributed by atoms with E-state index in [2.05, 4.69) is 10.6 Å². The molecule has 0 heterocycles. The molecule has 1 amide bonds. The number of carboxylic acid groups (broad SMARTS) is 1. The van der Waals surface area contributed by atoms with Crippen LogP contribution in [-0.2, 0) is 11.3 Å². The number of hydrogen-bond donors (Lipinski definition) is 3. The van der Waals surface area contributed by atoms with Gasteiger partial charge in [-0.1, -0.05) is 12.1 Å². The van der Waals surface area contributed by atoms with E-state index in [0.29, 0.717) is 13.1 Å². The summed E-state index contributed by atoms with van der Waals surface area (Å²) in [6, 6.07) is 6.75. The molecule has 0 radical (unpaired) electrons. The predicted molar refractivity (Wildman–Crippen MR) is 84.0 cm³/mol. The monoisotopic (exact) mass is 308 g/mol. The Morgan fingerprint density at radius 3 is 2.32 bits per heavy atom. The molecule has 0 aliphatic carbocycles. The average Bonchev–Trinajstić information content (AvgIpc) is 2.41. The number of alkyl carbamates (subject to hydrolysis) is 1. The van der Waals surface area contributed by atoms with Crippen LogP contribution >= 0.6 is 0 Å². The fourth-order valence-corrected chi connectivity index (χ4v) is 1.72. The summed E-state index contributed by atoms with van der Waals surface area (Å²) in [4.78, 5) is 22.1. The zero-order valence-electron chi connectivity index (χ0n) is 13.3. The smallest absolute Gasteiger partial charge is 0.407 e. The highest BCUT2D eigenvalue weighted by molar-refractivity contribution is 5.87. The molecule has 1 rings (SSSR count). The number of carboxylic acids is 1. The molecule has 6 nitrogen and oxygen atoms in total. The summed E-state index contributed by atoms with van der Waals surface area (Å²) in [5.41, 5.74) is 0.820. The molecule has 22 heavy (non-hydrogen) atoms. The molecule has 1 aromatic rings. The Morgan fingerprint density at radius 1 is 1.14 bits per heavy atom. The highest BCUT2D eigenvalue weighted by Gasteiger charge is 2.15. The van der Waals surface area contributed by atoms with Gasteiger partial charge in [0.25, 0.3) is 0 Å². The molecule has 0 aromatic heterocycles. The molecular weight excluding hydrogens is 284 g/mol. The third-order valence-electron chi connectivity index (χ3n) is 2.73. The van der Waals surface area contributed by atoms with Crippen molar-refractivity contribution in [3.63, 3.8) is 0 Å². The van der Waals surface area contributed by atoms with Gasteiger partial charge in [0.1, 0.15) is 5.60 Å². The quantitative estimate of drug-likeness (QED) is 0.673. The molecule has 6 heteroatoms. The van der Waals surface area contributed by atoms with E-state index in [1.165, 1.54) is 0 Å². The Labute approximate surface area is 130 Å². The normalized spacial score (nSPS) is 11.0. The van der Waals surface area contributed by atoms with Gasteiger partial charge in [-0.05, 0) is 51.4 Å². The van der Waals surface area contributed by atoms with Crippen LogP contribution in [0.2, 0.25) is 0 Å². The molecule has 1 aromatic carbocycles. The van der Waals surface area contributed by atoms with E-state index >= 15 is 0 Å². The van der Waals surface area contributed by atoms with Crippen molar-refractivity contribution in [3.05, 3.63) is 35.4 Å². The van der Waals surface area contributed by atoms with E-state index < -0.39 is 17.7 Å². The van der Waals surface area contributed by atoms with Crippen molar-refractivity contribution >= 4 is 12.1 Å². The molecule has 0 fully saturated rings. The first-order valence-corrected chi connectivity index (χ1v) is 7.28. The lowest BCUT2D eigenvalue weighted by atomic mass is 10.1. The number of benzene rings is 1. The number of carbonyl (C=O) groups is 2. The fourth-order valence-electron chi connectivity index (χ4n) is 1.72. The first-order chi connectivity index (χ1) is 10.3. The number of aromatic carboxylic acids is 1. The third-order valence-corrected chi connectivity index (χ3v) is 2.73. The second kappa shape index (κ2) is 8.38. The van der Waals surface area contributed by atoms with E-state index in [4.69, 9.17) is 9.84 Å². The summed E-state index contributed by atoms with van der Waals surface area (Å²) < 4.78 is 5.13. The van der Waals surface area contributed by atoms with Crippen LogP contribution < -0.4 is 10.6 Å². The highest BCUT2D eigenvalue weighted by Crippen LogP contribution is 2.06. The number of amides is 1. The zero-order chi connectivity index (χ0) is 16.6. The average molecular weight is 308 g/mol. The summed E-state index contributed by atoms with van der Waals surface area (Å²) in [6.45, 7) is 7.42. The SMILES string of the molecule is CC(C)(C)OC(=O)NCCCNCc1ccc(C(=O)O)cc1. The number of rotatable bonds is 7. The standard InChI is InChI=1S/C16H24N2O4/c1-16(2,3)22-15(21)18-10-4-9-17-11-12-5-7-13(8-6-12)14(19)20/h5-8,17H,4,9-11H2,1-3H3,(H,18,21)(H,19,20). The maximum absolute atomic E-state index is 11.4. The van der Waals surface area contributed by atoms with Crippen molar-refractivity contribution in [1.29, 1.82) is 0 Å². The predicted octanol–water partition coefficient (Wildman–Crippen LogP) is 2.39. The Bertz CT molecular complexity index is 492. The summed E-state index contributed by atoms with van der Waals surface area (Å²) in [7, 11) is 0. The molecule has 0 bridgehead atoms. The fraction of sp³-hybridized carbons (Fsp3) is 0.500. The molecule has 0 aliphatic rings. The molecule has 0 spiro atoms. The first-order valence-electron chi connectivity index (χ1n) is 7.28. The summed E-state index contributed by atoms with van der Waals surface area (Å²) in [5, 5.41) is 14.7. The van der Waals surface area contributed by atoms with E-state index in [1.54, 1.807) is 24.3 Å². The van der Waals surface area contributed by atoms with Gasteiger partial charge in [0, 0.05) is 13.1 Å². The molecule has 0 unspecified atom stereocenters. The van der Waals surface area contributed by atoms with Gasteiger partial charge in [0.05, 0.1) is 5.56 Å². The van der Waals surface area contributed by atoms with Gasteiger partial charge in [-0.25, -0.2) is 9.59 Å². The Hall–Kier alpha value is -2.08. The number of nitrogens with one attached hydrogen (secondary N) is 2. The summed E-state index contributed by atoms with van der Waals surface area (Å²) >= 11 is 0. The molecule has 0 saturated carbocycles. The third kappa shape index (κ3) is 7.64. The van der Waals surface area contributed by atoms with E-state index in [9.17, 15) is 9.59 Å². The van der Waals surface area contributed by atoms with Gasteiger partial charge >= 0.3 is 12.1 Å². The Kier molecular flexibility index (Phi) is 6.85. The highest BCUT2D eigenvalue weighted by atomic mass is 16.6. The minimum atomic E-state index is -0.923. The number of hydrogen-bond acceptors (Lipinski definition) is 4. The second-order valence-corrected chi connectivity index (χ2v) is 5.96. The van der Waals surface area contributed by atoms with Crippen LogP contribution in [0.25, 0.3) is 0 Å². The van der Waals surface area contributed by atoms with Crippen LogP contribution in [0.3, 0.4) is 0 Å². The van der Waals surface area contributed by atoms with Crippen molar-refractivity contribution in [2.24, 2.45) is 0 Å². The van der Waals surface area contributed by atoms with Crippen molar-refractivity contribution in [3.8, 4) is 0 Å². The lowest BCUT2D eigenvalue weighted by molar-refractivity contribution is 0.0526.